The highest BCUT2D eigenvalue weighted by atomic mass is 32.2. The summed E-state index contributed by atoms with van der Waals surface area (Å²) < 4.78 is 26.8. The quantitative estimate of drug-likeness (QED) is 0.925. The predicted octanol–water partition coefficient (Wildman–Crippen LogP) is 2.07. The van der Waals surface area contributed by atoms with E-state index >= 15 is 0 Å². The van der Waals surface area contributed by atoms with Crippen molar-refractivity contribution < 1.29 is 8.42 Å². The molecule has 1 heterocycles. The maximum atomic E-state index is 12.7. The Morgan fingerprint density at radius 1 is 1.30 bits per heavy atom. The lowest BCUT2D eigenvalue weighted by Gasteiger charge is -2.28. The van der Waals surface area contributed by atoms with Crippen LogP contribution < -0.4 is 5.32 Å². The van der Waals surface area contributed by atoms with E-state index in [0.717, 1.165) is 24.1 Å². The van der Waals surface area contributed by atoms with Gasteiger partial charge in [-0.2, -0.15) is 4.31 Å². The van der Waals surface area contributed by atoms with Crippen molar-refractivity contribution in [3.8, 4) is 0 Å². The number of sulfonamides is 1. The Morgan fingerprint density at radius 3 is 2.70 bits per heavy atom. The molecular weight excluding hydrogens is 272 g/mol. The Kier molecular flexibility index (Phi) is 4.83. The second kappa shape index (κ2) is 6.24. The van der Waals surface area contributed by atoms with Crippen LogP contribution in [0, 0.1) is 13.8 Å². The van der Waals surface area contributed by atoms with Crippen LogP contribution in [0.1, 0.15) is 30.4 Å². The molecule has 0 saturated carbocycles. The predicted molar refractivity (Wildman–Crippen MR) is 81.4 cm³/mol. The van der Waals surface area contributed by atoms with Gasteiger partial charge in [0, 0.05) is 19.6 Å². The molecule has 1 fully saturated rings. The van der Waals surface area contributed by atoms with Gasteiger partial charge in [0.1, 0.15) is 0 Å². The summed E-state index contributed by atoms with van der Waals surface area (Å²) >= 11 is 0. The second-order valence-electron chi connectivity index (χ2n) is 5.70. The van der Waals surface area contributed by atoms with Crippen molar-refractivity contribution in [1.82, 2.24) is 9.62 Å². The molecule has 1 saturated heterocycles. The molecule has 0 bridgehead atoms. The number of piperidine rings is 1. The van der Waals surface area contributed by atoms with Crippen LogP contribution in [-0.4, -0.2) is 38.9 Å². The molecule has 1 N–H and O–H groups in total. The fourth-order valence-electron chi connectivity index (χ4n) is 2.64. The zero-order chi connectivity index (χ0) is 14.8. The van der Waals surface area contributed by atoms with Gasteiger partial charge in [0.15, 0.2) is 0 Å². The highest BCUT2D eigenvalue weighted by molar-refractivity contribution is 7.89. The molecule has 0 amide bonds. The molecule has 1 unspecified atom stereocenters. The zero-order valence-corrected chi connectivity index (χ0v) is 13.3. The van der Waals surface area contributed by atoms with Crippen LogP contribution >= 0.6 is 0 Å². The topological polar surface area (TPSA) is 49.4 Å². The second-order valence-corrected chi connectivity index (χ2v) is 7.71. The molecule has 1 aromatic rings. The summed E-state index contributed by atoms with van der Waals surface area (Å²) in [4.78, 5) is 0.427. The highest BCUT2D eigenvalue weighted by Gasteiger charge is 2.25. The van der Waals surface area contributed by atoms with E-state index in [1.54, 1.807) is 13.1 Å². The van der Waals surface area contributed by atoms with Crippen molar-refractivity contribution in [2.45, 2.75) is 44.0 Å². The third-order valence-corrected chi connectivity index (χ3v) is 5.89. The Hall–Kier alpha value is -0.910. The van der Waals surface area contributed by atoms with E-state index in [9.17, 15) is 8.42 Å². The first-order valence-electron chi connectivity index (χ1n) is 7.18. The largest absolute Gasteiger partial charge is 0.313 e. The van der Waals surface area contributed by atoms with Gasteiger partial charge in [0.05, 0.1) is 4.90 Å². The minimum absolute atomic E-state index is 0.272. The highest BCUT2D eigenvalue weighted by Crippen LogP contribution is 2.21. The number of hydrogen-bond acceptors (Lipinski definition) is 3. The Labute approximate surface area is 122 Å². The monoisotopic (exact) mass is 296 g/mol. The van der Waals surface area contributed by atoms with Crippen LogP contribution in [0.3, 0.4) is 0 Å². The number of rotatable bonds is 4. The first kappa shape index (κ1) is 15.5. The first-order valence-corrected chi connectivity index (χ1v) is 8.62. The summed E-state index contributed by atoms with van der Waals surface area (Å²) in [6, 6.07) is 5.84. The summed E-state index contributed by atoms with van der Waals surface area (Å²) in [7, 11) is -1.72. The molecule has 1 atom stereocenters. The minimum atomic E-state index is -3.40. The fraction of sp³-hybridized carbons (Fsp3) is 0.600. The average Bonchev–Trinajstić information content (AvgIpc) is 2.42. The van der Waals surface area contributed by atoms with Gasteiger partial charge in [0.25, 0.3) is 0 Å². The number of benzene rings is 1. The van der Waals surface area contributed by atoms with Gasteiger partial charge in [0.2, 0.25) is 10.0 Å². The summed E-state index contributed by atoms with van der Waals surface area (Å²) in [6.07, 6.45) is 3.41. The van der Waals surface area contributed by atoms with E-state index in [1.165, 1.54) is 17.1 Å². The third kappa shape index (κ3) is 3.40. The molecule has 1 aromatic carbocycles. The van der Waals surface area contributed by atoms with E-state index in [0.29, 0.717) is 11.4 Å². The normalized spacial score (nSPS) is 20.3. The molecule has 1 aliphatic rings. The molecule has 5 heteroatoms. The van der Waals surface area contributed by atoms with Gasteiger partial charge >= 0.3 is 0 Å². The van der Waals surface area contributed by atoms with Gasteiger partial charge in [-0.15, -0.1) is 0 Å². The Bertz CT molecular complexity index is 563. The molecule has 2 rings (SSSR count). The summed E-state index contributed by atoms with van der Waals surface area (Å²) in [5.41, 5.74) is 1.78. The Morgan fingerprint density at radius 2 is 2.05 bits per heavy atom. The molecule has 20 heavy (non-hydrogen) atoms. The van der Waals surface area contributed by atoms with Crippen molar-refractivity contribution in [3.05, 3.63) is 29.3 Å². The lowest BCUT2D eigenvalue weighted by Crippen LogP contribution is -2.44. The van der Waals surface area contributed by atoms with Crippen LogP contribution in [0.15, 0.2) is 23.1 Å². The van der Waals surface area contributed by atoms with Crippen molar-refractivity contribution in [2.24, 2.45) is 0 Å². The van der Waals surface area contributed by atoms with Crippen molar-refractivity contribution in [3.63, 3.8) is 0 Å². The van der Waals surface area contributed by atoms with E-state index in [1.807, 2.05) is 26.0 Å². The van der Waals surface area contributed by atoms with Crippen LogP contribution in [0.4, 0.5) is 0 Å². The van der Waals surface area contributed by atoms with Crippen molar-refractivity contribution >= 4 is 10.0 Å². The SMILES string of the molecule is Cc1ccc(C)c(S(=O)(=O)N(C)CC2CCCCN2)c1. The maximum Gasteiger partial charge on any atom is 0.243 e. The van der Waals surface area contributed by atoms with Crippen molar-refractivity contribution in [1.29, 1.82) is 0 Å². The summed E-state index contributed by atoms with van der Waals surface area (Å²) in [5, 5.41) is 3.39. The third-order valence-electron chi connectivity index (χ3n) is 3.92. The van der Waals surface area contributed by atoms with Gasteiger partial charge in [-0.25, -0.2) is 8.42 Å². The number of hydrogen-bond donors (Lipinski definition) is 1. The summed E-state index contributed by atoms with van der Waals surface area (Å²) in [5.74, 6) is 0. The van der Waals surface area contributed by atoms with Crippen molar-refractivity contribution in [2.75, 3.05) is 20.1 Å². The molecular formula is C15H24N2O2S. The van der Waals surface area contributed by atoms with E-state index < -0.39 is 10.0 Å². The molecule has 0 spiro atoms. The van der Waals surface area contributed by atoms with Crippen LogP contribution in [0.25, 0.3) is 0 Å². The molecule has 0 aromatic heterocycles. The smallest absolute Gasteiger partial charge is 0.243 e. The fourth-order valence-corrected chi connectivity index (χ4v) is 4.16. The van der Waals surface area contributed by atoms with E-state index in [-0.39, 0.29) is 6.04 Å². The zero-order valence-electron chi connectivity index (χ0n) is 12.5. The number of nitrogens with one attached hydrogen (secondary N) is 1. The van der Waals surface area contributed by atoms with E-state index in [2.05, 4.69) is 5.32 Å². The molecule has 0 radical (unpaired) electrons. The van der Waals surface area contributed by atoms with Crippen LogP contribution in [0.2, 0.25) is 0 Å². The van der Waals surface area contributed by atoms with Crippen LogP contribution in [-0.2, 0) is 10.0 Å². The average molecular weight is 296 g/mol. The minimum Gasteiger partial charge on any atom is -0.313 e. The molecule has 0 aliphatic carbocycles. The van der Waals surface area contributed by atoms with Gasteiger partial charge < -0.3 is 5.32 Å². The van der Waals surface area contributed by atoms with Gasteiger partial charge in [-0.05, 0) is 50.4 Å². The lowest BCUT2D eigenvalue weighted by atomic mass is 10.1. The number of likely N-dealkylation sites (N-methyl/N-ethyl adjacent to an activating group) is 1. The lowest BCUT2D eigenvalue weighted by molar-refractivity contribution is 0.337. The Balaban J connectivity index is 2.18. The maximum absolute atomic E-state index is 12.7. The van der Waals surface area contributed by atoms with Crippen LogP contribution in [0.5, 0.6) is 0 Å². The number of aryl methyl sites for hydroxylation is 2. The number of nitrogens with zero attached hydrogens (tertiary/aromatic N) is 1. The van der Waals surface area contributed by atoms with Gasteiger partial charge in [-0.3, -0.25) is 0 Å². The van der Waals surface area contributed by atoms with Gasteiger partial charge in [-0.1, -0.05) is 18.6 Å². The summed E-state index contributed by atoms with van der Waals surface area (Å²) in [6.45, 7) is 5.29. The first-order chi connectivity index (χ1) is 9.41. The molecule has 1 aliphatic heterocycles. The molecule has 4 nitrogen and oxygen atoms in total. The van der Waals surface area contributed by atoms with E-state index in [4.69, 9.17) is 0 Å². The standard InChI is InChI=1S/C15H24N2O2S/c1-12-7-8-13(2)15(10-12)20(18,19)17(3)11-14-6-4-5-9-16-14/h7-8,10,14,16H,4-6,9,11H2,1-3H3. The molecule has 112 valence electrons.